The van der Waals surface area contributed by atoms with Gasteiger partial charge in [-0.15, -0.1) is 0 Å². The van der Waals surface area contributed by atoms with Crippen molar-refractivity contribution in [2.75, 3.05) is 39.3 Å². The topological polar surface area (TPSA) is 6.48 Å². The lowest BCUT2D eigenvalue weighted by Crippen LogP contribution is -2.46. The number of likely N-dealkylation sites (N-methyl/N-ethyl adjacent to an activating group) is 1. The van der Waals surface area contributed by atoms with Gasteiger partial charge in [-0.3, -0.25) is 0 Å². The first kappa shape index (κ1) is 14.9. The number of hydrogen-bond acceptors (Lipinski definition) is 2. The Morgan fingerprint density at radius 2 is 1.33 bits per heavy atom. The molecular formula is C13H30N2. The molecule has 0 amide bonds. The molecule has 0 unspecified atom stereocenters. The smallest absolute Gasteiger partial charge is 0.0110 e. The molecule has 1 aliphatic rings. The summed E-state index contributed by atoms with van der Waals surface area (Å²) in [7, 11) is 0. The average molecular weight is 214 g/mol. The molecule has 0 aromatic carbocycles. The number of rotatable bonds is 5. The minimum absolute atomic E-state index is 1.23. The van der Waals surface area contributed by atoms with Crippen LogP contribution < -0.4 is 0 Å². The van der Waals surface area contributed by atoms with E-state index >= 15 is 0 Å². The Morgan fingerprint density at radius 3 is 1.80 bits per heavy atom. The molecule has 1 heterocycles. The van der Waals surface area contributed by atoms with Gasteiger partial charge in [-0.2, -0.15) is 0 Å². The zero-order valence-electron chi connectivity index (χ0n) is 11.3. The van der Waals surface area contributed by atoms with E-state index in [9.17, 15) is 0 Å². The molecule has 0 aromatic rings. The van der Waals surface area contributed by atoms with Crippen LogP contribution in [0.3, 0.4) is 0 Å². The molecule has 1 aliphatic heterocycles. The van der Waals surface area contributed by atoms with E-state index in [0.29, 0.717) is 0 Å². The first-order chi connectivity index (χ1) is 7.36. The summed E-state index contributed by atoms with van der Waals surface area (Å²) in [6.45, 7) is 16.2. The Labute approximate surface area is 96.6 Å². The fourth-order valence-corrected chi connectivity index (χ4v) is 1.91. The molecule has 0 saturated carbocycles. The Bertz CT molecular complexity index is 115. The second-order valence-corrected chi connectivity index (χ2v) is 3.98. The molecular weight excluding hydrogens is 184 g/mol. The van der Waals surface area contributed by atoms with Crippen LogP contribution in [0.2, 0.25) is 0 Å². The molecule has 1 rings (SSSR count). The van der Waals surface area contributed by atoms with Crippen LogP contribution in [0.1, 0.15) is 47.0 Å². The van der Waals surface area contributed by atoms with E-state index in [1.165, 1.54) is 58.5 Å². The van der Waals surface area contributed by atoms with Gasteiger partial charge < -0.3 is 9.80 Å². The zero-order valence-corrected chi connectivity index (χ0v) is 11.3. The van der Waals surface area contributed by atoms with Crippen molar-refractivity contribution < 1.29 is 0 Å². The van der Waals surface area contributed by atoms with Crippen LogP contribution in [0.25, 0.3) is 0 Å². The van der Waals surface area contributed by atoms with E-state index < -0.39 is 0 Å². The Morgan fingerprint density at radius 1 is 0.800 bits per heavy atom. The summed E-state index contributed by atoms with van der Waals surface area (Å²) in [6, 6.07) is 0. The van der Waals surface area contributed by atoms with E-state index in [2.05, 4.69) is 23.6 Å². The van der Waals surface area contributed by atoms with Gasteiger partial charge in [-0.25, -0.2) is 0 Å². The van der Waals surface area contributed by atoms with Crippen LogP contribution in [-0.4, -0.2) is 49.1 Å². The van der Waals surface area contributed by atoms with Gasteiger partial charge >= 0.3 is 0 Å². The first-order valence-electron chi connectivity index (χ1n) is 6.81. The normalized spacial score (nSPS) is 18.4. The third-order valence-corrected chi connectivity index (χ3v) is 2.99. The quantitative estimate of drug-likeness (QED) is 0.649. The van der Waals surface area contributed by atoms with Gasteiger partial charge in [0.15, 0.2) is 0 Å². The number of nitrogens with zero attached hydrogens (tertiary/aromatic N) is 2. The SMILES string of the molecule is CC.CCCCCN1CCN(CC)CC1. The Balaban J connectivity index is 0.000000921. The highest BCUT2D eigenvalue weighted by Crippen LogP contribution is 2.03. The van der Waals surface area contributed by atoms with Gasteiger partial charge in [0, 0.05) is 26.2 Å². The molecule has 0 bridgehead atoms. The average Bonchev–Trinajstić information content (AvgIpc) is 2.33. The van der Waals surface area contributed by atoms with Crippen molar-refractivity contribution in [3.8, 4) is 0 Å². The molecule has 0 atom stereocenters. The van der Waals surface area contributed by atoms with Crippen LogP contribution in [0.4, 0.5) is 0 Å². The van der Waals surface area contributed by atoms with E-state index in [-0.39, 0.29) is 0 Å². The van der Waals surface area contributed by atoms with Crippen molar-refractivity contribution in [2.45, 2.75) is 47.0 Å². The van der Waals surface area contributed by atoms with Crippen LogP contribution in [-0.2, 0) is 0 Å². The molecule has 0 spiro atoms. The van der Waals surface area contributed by atoms with E-state index in [1.807, 2.05) is 13.8 Å². The highest BCUT2D eigenvalue weighted by molar-refractivity contribution is 4.70. The monoisotopic (exact) mass is 214 g/mol. The molecule has 0 aromatic heterocycles. The Hall–Kier alpha value is -0.0800. The highest BCUT2D eigenvalue weighted by Gasteiger charge is 2.13. The Kier molecular flexibility index (Phi) is 10.4. The lowest BCUT2D eigenvalue weighted by atomic mass is 10.2. The lowest BCUT2D eigenvalue weighted by Gasteiger charge is -2.33. The third-order valence-electron chi connectivity index (χ3n) is 2.99. The van der Waals surface area contributed by atoms with Crippen molar-refractivity contribution in [1.82, 2.24) is 9.80 Å². The second-order valence-electron chi connectivity index (χ2n) is 3.98. The van der Waals surface area contributed by atoms with Gasteiger partial charge in [0.25, 0.3) is 0 Å². The van der Waals surface area contributed by atoms with Crippen LogP contribution in [0.15, 0.2) is 0 Å². The molecule has 0 aliphatic carbocycles. The third kappa shape index (κ3) is 6.91. The largest absolute Gasteiger partial charge is 0.301 e. The van der Waals surface area contributed by atoms with Crippen molar-refractivity contribution in [3.63, 3.8) is 0 Å². The van der Waals surface area contributed by atoms with Crippen molar-refractivity contribution in [2.24, 2.45) is 0 Å². The zero-order chi connectivity index (χ0) is 11.5. The maximum Gasteiger partial charge on any atom is 0.0110 e. The van der Waals surface area contributed by atoms with E-state index in [4.69, 9.17) is 0 Å². The fourth-order valence-electron chi connectivity index (χ4n) is 1.91. The molecule has 1 fully saturated rings. The summed E-state index contributed by atoms with van der Waals surface area (Å²) in [5.74, 6) is 0. The van der Waals surface area contributed by atoms with Crippen LogP contribution in [0.5, 0.6) is 0 Å². The molecule has 0 N–H and O–H groups in total. The summed E-state index contributed by atoms with van der Waals surface area (Å²) in [6.07, 6.45) is 4.13. The summed E-state index contributed by atoms with van der Waals surface area (Å²) >= 11 is 0. The fraction of sp³-hybridized carbons (Fsp3) is 1.00. The molecule has 92 valence electrons. The predicted octanol–water partition coefficient (Wildman–Crippen LogP) is 2.84. The summed E-state index contributed by atoms with van der Waals surface area (Å²) in [5.41, 5.74) is 0. The maximum absolute atomic E-state index is 2.61. The van der Waals surface area contributed by atoms with E-state index in [1.54, 1.807) is 0 Å². The summed E-state index contributed by atoms with van der Waals surface area (Å²) < 4.78 is 0. The summed E-state index contributed by atoms with van der Waals surface area (Å²) in [4.78, 5) is 5.15. The van der Waals surface area contributed by atoms with Crippen LogP contribution >= 0.6 is 0 Å². The van der Waals surface area contributed by atoms with Gasteiger partial charge in [0.05, 0.1) is 0 Å². The van der Waals surface area contributed by atoms with Gasteiger partial charge in [0.2, 0.25) is 0 Å². The van der Waals surface area contributed by atoms with E-state index in [0.717, 1.165) is 0 Å². The van der Waals surface area contributed by atoms with Gasteiger partial charge in [-0.1, -0.05) is 40.5 Å². The highest BCUT2D eigenvalue weighted by atomic mass is 15.3. The molecule has 2 heteroatoms. The molecule has 2 nitrogen and oxygen atoms in total. The maximum atomic E-state index is 2.61. The number of piperazine rings is 1. The van der Waals surface area contributed by atoms with Gasteiger partial charge in [0.1, 0.15) is 0 Å². The summed E-state index contributed by atoms with van der Waals surface area (Å²) in [5, 5.41) is 0. The first-order valence-corrected chi connectivity index (χ1v) is 6.81. The lowest BCUT2D eigenvalue weighted by molar-refractivity contribution is 0.135. The van der Waals surface area contributed by atoms with Gasteiger partial charge in [-0.05, 0) is 19.5 Å². The number of unbranched alkanes of at least 4 members (excludes halogenated alkanes) is 2. The minimum Gasteiger partial charge on any atom is -0.301 e. The second kappa shape index (κ2) is 10.4. The molecule has 15 heavy (non-hydrogen) atoms. The van der Waals surface area contributed by atoms with Crippen molar-refractivity contribution >= 4 is 0 Å². The van der Waals surface area contributed by atoms with Crippen molar-refractivity contribution in [1.29, 1.82) is 0 Å². The molecule has 1 saturated heterocycles. The molecule has 0 radical (unpaired) electrons. The van der Waals surface area contributed by atoms with Crippen molar-refractivity contribution in [3.05, 3.63) is 0 Å². The number of hydrogen-bond donors (Lipinski definition) is 0. The van der Waals surface area contributed by atoms with Crippen LogP contribution in [0, 0.1) is 0 Å². The minimum atomic E-state index is 1.23. The predicted molar refractivity (Wildman–Crippen MR) is 69.4 cm³/mol. The standard InChI is InChI=1S/C11H24N2.C2H6/c1-3-5-6-7-13-10-8-12(4-2)9-11-13;1-2/h3-11H2,1-2H3;1-2H3.